The average molecular weight is 408 g/mol. The zero-order valence-electron chi connectivity index (χ0n) is 15.0. The van der Waals surface area contributed by atoms with E-state index in [2.05, 4.69) is 19.9 Å². The molecule has 0 spiro atoms. The minimum Gasteiger partial charge on any atom is -0.492 e. The molecule has 4 rings (SSSR count). The number of aryl methyl sites for hydroxylation is 1. The lowest BCUT2D eigenvalue weighted by atomic mass is 10.0. The predicted octanol–water partition coefficient (Wildman–Crippen LogP) is 2.16. The number of rotatable bonds is 5. The van der Waals surface area contributed by atoms with E-state index in [1.807, 2.05) is 31.2 Å². The number of piperazine rings is 1. The van der Waals surface area contributed by atoms with Gasteiger partial charge in [0.15, 0.2) is 0 Å². The third-order valence-electron chi connectivity index (χ3n) is 4.93. The molecule has 27 heavy (non-hydrogen) atoms. The summed E-state index contributed by atoms with van der Waals surface area (Å²) in [6.07, 6.45) is 0. The summed E-state index contributed by atoms with van der Waals surface area (Å²) in [4.78, 5) is 10.5. The molecule has 1 atom stereocenters. The number of hydrogen-bond donors (Lipinski definition) is 2. The van der Waals surface area contributed by atoms with Crippen molar-refractivity contribution in [3.05, 3.63) is 45.6 Å². The third-order valence-corrected chi connectivity index (χ3v) is 6.25. The number of fused-ring (bicyclic) bond motifs is 1. The summed E-state index contributed by atoms with van der Waals surface area (Å²) in [5.74, 6) is 0.789. The molecular formula is C18H22ClN5O2S. The molecule has 1 aromatic carbocycles. The number of aromatic nitrogens is 3. The van der Waals surface area contributed by atoms with Gasteiger partial charge in [-0.3, -0.25) is 9.80 Å². The Hall–Kier alpha value is -1.71. The topological polar surface area (TPSA) is 77.1 Å². The second kappa shape index (κ2) is 7.73. The Labute approximate surface area is 166 Å². The van der Waals surface area contributed by atoms with Crippen molar-refractivity contribution in [2.24, 2.45) is 0 Å². The lowest BCUT2D eigenvalue weighted by molar-refractivity contribution is 0.0945. The second-order valence-corrected chi connectivity index (χ2v) is 8.14. The highest BCUT2D eigenvalue weighted by molar-refractivity contribution is 7.17. The van der Waals surface area contributed by atoms with Gasteiger partial charge in [0.25, 0.3) is 0 Å². The van der Waals surface area contributed by atoms with E-state index in [4.69, 9.17) is 11.6 Å². The Morgan fingerprint density at radius 3 is 2.52 bits per heavy atom. The fraction of sp³-hybridized carbons (Fsp3) is 0.444. The van der Waals surface area contributed by atoms with Crippen molar-refractivity contribution in [1.82, 2.24) is 24.4 Å². The maximum Gasteiger partial charge on any atom is 0.230 e. The van der Waals surface area contributed by atoms with Crippen LogP contribution in [0.15, 0.2) is 24.3 Å². The van der Waals surface area contributed by atoms with E-state index in [0.717, 1.165) is 36.6 Å². The highest BCUT2D eigenvalue weighted by Crippen LogP contribution is 2.40. The average Bonchev–Trinajstić information content (AvgIpc) is 3.16. The Kier molecular flexibility index (Phi) is 5.34. The summed E-state index contributed by atoms with van der Waals surface area (Å²) < 4.78 is 1.51. The number of aromatic hydroxyl groups is 1. The Balaban J connectivity index is 1.70. The SMILES string of the molecule is Cc1nc2sc([C@H](c3ccc(Cl)cc3)N3CCN(CCO)CC3)c(O)n2n1. The van der Waals surface area contributed by atoms with Crippen LogP contribution >= 0.6 is 22.9 Å². The normalized spacial score (nSPS) is 17.6. The minimum atomic E-state index is -0.0904. The van der Waals surface area contributed by atoms with E-state index >= 15 is 0 Å². The summed E-state index contributed by atoms with van der Waals surface area (Å²) in [6.45, 7) is 6.14. The zero-order valence-corrected chi connectivity index (χ0v) is 16.6. The third kappa shape index (κ3) is 3.68. The van der Waals surface area contributed by atoms with Gasteiger partial charge in [0, 0.05) is 37.7 Å². The summed E-state index contributed by atoms with van der Waals surface area (Å²) >= 11 is 7.55. The van der Waals surface area contributed by atoms with E-state index in [9.17, 15) is 10.2 Å². The van der Waals surface area contributed by atoms with Crippen LogP contribution in [0.25, 0.3) is 4.96 Å². The Morgan fingerprint density at radius 1 is 1.19 bits per heavy atom. The Bertz CT molecular complexity index is 918. The van der Waals surface area contributed by atoms with Gasteiger partial charge in [0.2, 0.25) is 10.8 Å². The first-order valence-electron chi connectivity index (χ1n) is 8.94. The van der Waals surface area contributed by atoms with Crippen molar-refractivity contribution < 1.29 is 10.2 Å². The summed E-state index contributed by atoms with van der Waals surface area (Å²) in [5, 5.41) is 25.0. The molecule has 1 aliphatic heterocycles. The van der Waals surface area contributed by atoms with Crippen LogP contribution in [0, 0.1) is 6.92 Å². The van der Waals surface area contributed by atoms with Gasteiger partial charge < -0.3 is 10.2 Å². The fourth-order valence-electron chi connectivity index (χ4n) is 3.59. The molecule has 7 nitrogen and oxygen atoms in total. The van der Waals surface area contributed by atoms with Gasteiger partial charge in [-0.1, -0.05) is 35.1 Å². The van der Waals surface area contributed by atoms with Crippen molar-refractivity contribution in [3.8, 4) is 5.88 Å². The number of β-amino-alcohol motifs (C(OH)–C–C–N with tert-alkyl or cyclic N) is 1. The largest absolute Gasteiger partial charge is 0.492 e. The fourth-order valence-corrected chi connectivity index (χ4v) is 4.87. The summed E-state index contributed by atoms with van der Waals surface area (Å²) in [7, 11) is 0. The number of aliphatic hydroxyl groups excluding tert-OH is 1. The molecule has 0 unspecified atom stereocenters. The van der Waals surface area contributed by atoms with Gasteiger partial charge in [-0.05, 0) is 24.6 Å². The van der Waals surface area contributed by atoms with Gasteiger partial charge in [-0.25, -0.2) is 4.98 Å². The molecule has 2 N–H and O–H groups in total. The van der Waals surface area contributed by atoms with E-state index in [0.29, 0.717) is 22.4 Å². The van der Waals surface area contributed by atoms with Crippen LogP contribution < -0.4 is 0 Å². The monoisotopic (exact) mass is 407 g/mol. The standard InChI is InChI=1S/C18H22ClN5O2S/c1-12-20-18-24(21-12)17(26)16(27-18)15(13-2-4-14(19)5-3-13)23-8-6-22(7-9-23)10-11-25/h2-5,15,25-26H,6-11H2,1H3/t15-/m0/s1. The quantitative estimate of drug-likeness (QED) is 0.675. The van der Waals surface area contributed by atoms with Crippen LogP contribution in [0.5, 0.6) is 5.88 Å². The first-order valence-corrected chi connectivity index (χ1v) is 10.1. The van der Waals surface area contributed by atoms with Crippen molar-refractivity contribution in [2.75, 3.05) is 39.3 Å². The number of thiazole rings is 1. The van der Waals surface area contributed by atoms with E-state index in [-0.39, 0.29) is 18.5 Å². The first-order chi connectivity index (χ1) is 13.1. The molecule has 3 heterocycles. The van der Waals surface area contributed by atoms with Crippen LogP contribution in [0.2, 0.25) is 5.02 Å². The van der Waals surface area contributed by atoms with Gasteiger partial charge in [0.05, 0.1) is 17.5 Å². The van der Waals surface area contributed by atoms with Crippen molar-refractivity contribution in [2.45, 2.75) is 13.0 Å². The van der Waals surface area contributed by atoms with Crippen LogP contribution in [0.3, 0.4) is 0 Å². The Morgan fingerprint density at radius 2 is 1.89 bits per heavy atom. The molecule has 9 heteroatoms. The van der Waals surface area contributed by atoms with E-state index < -0.39 is 0 Å². The van der Waals surface area contributed by atoms with Crippen molar-refractivity contribution in [3.63, 3.8) is 0 Å². The molecule has 3 aromatic rings. The van der Waals surface area contributed by atoms with Crippen LogP contribution in [-0.2, 0) is 0 Å². The maximum absolute atomic E-state index is 10.8. The van der Waals surface area contributed by atoms with Gasteiger partial charge >= 0.3 is 0 Å². The summed E-state index contributed by atoms with van der Waals surface area (Å²) in [6, 6.07) is 7.68. The lowest BCUT2D eigenvalue weighted by Crippen LogP contribution is -2.48. The molecule has 1 fully saturated rings. The lowest BCUT2D eigenvalue weighted by Gasteiger charge is -2.39. The molecule has 2 aromatic heterocycles. The molecular weight excluding hydrogens is 386 g/mol. The van der Waals surface area contributed by atoms with Crippen LogP contribution in [0.4, 0.5) is 0 Å². The maximum atomic E-state index is 10.8. The van der Waals surface area contributed by atoms with Crippen LogP contribution in [-0.4, -0.2) is 73.9 Å². The number of hydrogen-bond acceptors (Lipinski definition) is 7. The van der Waals surface area contributed by atoms with E-state index in [1.165, 1.54) is 15.9 Å². The molecule has 0 bridgehead atoms. The first kappa shape index (κ1) is 18.6. The van der Waals surface area contributed by atoms with Gasteiger partial charge in [-0.15, -0.1) is 5.10 Å². The predicted molar refractivity (Wildman–Crippen MR) is 106 cm³/mol. The number of benzene rings is 1. The van der Waals surface area contributed by atoms with Crippen molar-refractivity contribution in [1.29, 1.82) is 0 Å². The summed E-state index contributed by atoms with van der Waals surface area (Å²) in [5.41, 5.74) is 1.08. The second-order valence-electron chi connectivity index (χ2n) is 6.70. The van der Waals surface area contributed by atoms with E-state index in [1.54, 1.807) is 0 Å². The van der Waals surface area contributed by atoms with Gasteiger partial charge in [-0.2, -0.15) is 4.52 Å². The molecule has 0 aliphatic carbocycles. The minimum absolute atomic E-state index is 0.0904. The van der Waals surface area contributed by atoms with Gasteiger partial charge in [0.1, 0.15) is 5.82 Å². The highest BCUT2D eigenvalue weighted by Gasteiger charge is 2.31. The molecule has 0 radical (unpaired) electrons. The highest BCUT2D eigenvalue weighted by atomic mass is 35.5. The number of aliphatic hydroxyl groups is 1. The number of halogens is 1. The molecule has 1 aliphatic rings. The van der Waals surface area contributed by atoms with Crippen molar-refractivity contribution >= 4 is 27.9 Å². The molecule has 144 valence electrons. The molecule has 1 saturated heterocycles. The smallest absolute Gasteiger partial charge is 0.230 e. The number of nitrogens with zero attached hydrogens (tertiary/aromatic N) is 5. The molecule has 0 amide bonds. The molecule has 0 saturated carbocycles. The zero-order chi connectivity index (χ0) is 19.0. The van der Waals surface area contributed by atoms with Crippen LogP contribution in [0.1, 0.15) is 22.3 Å².